The van der Waals surface area contributed by atoms with Crippen LogP contribution in [0.15, 0.2) is 36.4 Å². The third-order valence-electron chi connectivity index (χ3n) is 3.21. The van der Waals surface area contributed by atoms with Gasteiger partial charge in [0, 0.05) is 12.1 Å². The van der Waals surface area contributed by atoms with Gasteiger partial charge in [0.25, 0.3) is 0 Å². The molecule has 0 saturated heterocycles. The van der Waals surface area contributed by atoms with Gasteiger partial charge in [0.1, 0.15) is 12.4 Å². The van der Waals surface area contributed by atoms with Crippen LogP contribution in [-0.4, -0.2) is 13.7 Å². The molecule has 1 N–H and O–H groups in total. The lowest BCUT2D eigenvalue weighted by Crippen LogP contribution is -2.11. The van der Waals surface area contributed by atoms with Crippen molar-refractivity contribution in [1.29, 1.82) is 0 Å². The SMILES string of the molecule is CCNCc1ccc(OCc2ccc(F)cc2Cl)c(OC)c1. The predicted molar refractivity (Wildman–Crippen MR) is 86.1 cm³/mol. The average molecular weight is 324 g/mol. The maximum Gasteiger partial charge on any atom is 0.161 e. The quantitative estimate of drug-likeness (QED) is 0.829. The highest BCUT2D eigenvalue weighted by Crippen LogP contribution is 2.29. The van der Waals surface area contributed by atoms with E-state index in [-0.39, 0.29) is 12.4 Å². The summed E-state index contributed by atoms with van der Waals surface area (Å²) < 4.78 is 24.1. The van der Waals surface area contributed by atoms with E-state index in [9.17, 15) is 4.39 Å². The molecule has 3 nitrogen and oxygen atoms in total. The Balaban J connectivity index is 2.08. The molecule has 0 fully saturated rings. The van der Waals surface area contributed by atoms with Crippen molar-refractivity contribution in [3.05, 3.63) is 58.4 Å². The van der Waals surface area contributed by atoms with Crippen molar-refractivity contribution in [2.45, 2.75) is 20.1 Å². The van der Waals surface area contributed by atoms with Gasteiger partial charge in [0.15, 0.2) is 11.5 Å². The molecule has 0 amide bonds. The molecule has 0 aliphatic heterocycles. The van der Waals surface area contributed by atoms with Gasteiger partial charge in [-0.15, -0.1) is 0 Å². The zero-order chi connectivity index (χ0) is 15.9. The van der Waals surface area contributed by atoms with Gasteiger partial charge in [-0.1, -0.05) is 30.7 Å². The molecular formula is C17H19ClFNO2. The summed E-state index contributed by atoms with van der Waals surface area (Å²) in [5, 5.41) is 3.61. The maximum atomic E-state index is 13.0. The van der Waals surface area contributed by atoms with Crippen LogP contribution in [0.2, 0.25) is 5.02 Å². The van der Waals surface area contributed by atoms with Crippen LogP contribution in [-0.2, 0) is 13.2 Å². The van der Waals surface area contributed by atoms with Gasteiger partial charge >= 0.3 is 0 Å². The number of hydrogen-bond acceptors (Lipinski definition) is 3. The number of ether oxygens (including phenoxy) is 2. The number of nitrogens with one attached hydrogen (secondary N) is 1. The Morgan fingerprint density at radius 3 is 2.64 bits per heavy atom. The van der Waals surface area contributed by atoms with Gasteiger partial charge in [-0.25, -0.2) is 4.39 Å². The minimum Gasteiger partial charge on any atom is -0.493 e. The fourth-order valence-corrected chi connectivity index (χ4v) is 2.23. The molecule has 2 aromatic carbocycles. The Hall–Kier alpha value is -1.78. The molecule has 0 heterocycles. The zero-order valence-corrected chi connectivity index (χ0v) is 13.4. The van der Waals surface area contributed by atoms with E-state index in [2.05, 4.69) is 12.2 Å². The molecule has 0 aliphatic rings. The fraction of sp³-hybridized carbons (Fsp3) is 0.294. The third-order valence-corrected chi connectivity index (χ3v) is 3.56. The fourth-order valence-electron chi connectivity index (χ4n) is 2.00. The molecule has 2 aromatic rings. The molecule has 2 rings (SSSR count). The van der Waals surface area contributed by atoms with Crippen LogP contribution >= 0.6 is 11.6 Å². The van der Waals surface area contributed by atoms with Crippen molar-refractivity contribution in [2.75, 3.05) is 13.7 Å². The molecule has 0 radical (unpaired) electrons. The van der Waals surface area contributed by atoms with Crippen LogP contribution in [0.4, 0.5) is 4.39 Å². The number of hydrogen-bond donors (Lipinski definition) is 1. The molecular weight excluding hydrogens is 305 g/mol. The summed E-state index contributed by atoms with van der Waals surface area (Å²) >= 11 is 5.99. The minimum atomic E-state index is -0.362. The number of methoxy groups -OCH3 is 1. The van der Waals surface area contributed by atoms with Gasteiger partial charge in [0.2, 0.25) is 0 Å². The molecule has 0 aromatic heterocycles. The highest BCUT2D eigenvalue weighted by Gasteiger charge is 2.08. The van der Waals surface area contributed by atoms with Gasteiger partial charge < -0.3 is 14.8 Å². The lowest BCUT2D eigenvalue weighted by Gasteiger charge is -2.13. The van der Waals surface area contributed by atoms with E-state index in [4.69, 9.17) is 21.1 Å². The summed E-state index contributed by atoms with van der Waals surface area (Å²) in [5.74, 6) is 0.927. The highest BCUT2D eigenvalue weighted by molar-refractivity contribution is 6.31. The summed E-state index contributed by atoms with van der Waals surface area (Å²) in [6.45, 7) is 3.99. The molecule has 0 spiro atoms. The van der Waals surface area contributed by atoms with E-state index >= 15 is 0 Å². The Labute approximate surface area is 135 Å². The normalized spacial score (nSPS) is 10.5. The highest BCUT2D eigenvalue weighted by atomic mass is 35.5. The van der Waals surface area contributed by atoms with Crippen LogP contribution in [0, 0.1) is 5.82 Å². The minimum absolute atomic E-state index is 0.252. The largest absolute Gasteiger partial charge is 0.493 e. The van der Waals surface area contributed by atoms with Crippen LogP contribution in [0.3, 0.4) is 0 Å². The Morgan fingerprint density at radius 2 is 1.95 bits per heavy atom. The topological polar surface area (TPSA) is 30.5 Å². The molecule has 0 atom stereocenters. The van der Waals surface area contributed by atoms with E-state index < -0.39 is 0 Å². The lowest BCUT2D eigenvalue weighted by atomic mass is 10.2. The monoisotopic (exact) mass is 323 g/mol. The first-order valence-electron chi connectivity index (χ1n) is 7.08. The predicted octanol–water partition coefficient (Wildman–Crippen LogP) is 4.18. The average Bonchev–Trinajstić information content (AvgIpc) is 2.52. The summed E-state index contributed by atoms with van der Waals surface area (Å²) in [6.07, 6.45) is 0. The Morgan fingerprint density at radius 1 is 1.14 bits per heavy atom. The summed E-state index contributed by atoms with van der Waals surface area (Å²) in [5.41, 5.74) is 1.84. The van der Waals surface area contributed by atoms with E-state index in [1.807, 2.05) is 18.2 Å². The third kappa shape index (κ3) is 4.36. The lowest BCUT2D eigenvalue weighted by molar-refractivity contribution is 0.284. The van der Waals surface area contributed by atoms with Crippen molar-refractivity contribution in [3.8, 4) is 11.5 Å². The maximum absolute atomic E-state index is 13.0. The van der Waals surface area contributed by atoms with Gasteiger partial charge in [-0.3, -0.25) is 0 Å². The first-order valence-corrected chi connectivity index (χ1v) is 7.46. The number of halogens is 2. The van der Waals surface area contributed by atoms with Crippen LogP contribution < -0.4 is 14.8 Å². The summed E-state index contributed by atoms with van der Waals surface area (Å²) in [4.78, 5) is 0. The van der Waals surface area contributed by atoms with Gasteiger partial charge in [-0.05, 0) is 36.4 Å². The summed E-state index contributed by atoms with van der Waals surface area (Å²) in [7, 11) is 1.60. The first kappa shape index (κ1) is 16.6. The molecule has 5 heteroatoms. The first-order chi connectivity index (χ1) is 10.6. The number of benzene rings is 2. The molecule has 22 heavy (non-hydrogen) atoms. The second kappa shape index (κ2) is 8.01. The van der Waals surface area contributed by atoms with E-state index in [0.717, 1.165) is 24.2 Å². The van der Waals surface area contributed by atoms with Crippen molar-refractivity contribution >= 4 is 11.6 Å². The zero-order valence-electron chi connectivity index (χ0n) is 12.7. The second-order valence-corrected chi connectivity index (χ2v) is 5.20. The van der Waals surface area contributed by atoms with Crippen molar-refractivity contribution in [3.63, 3.8) is 0 Å². The Bertz CT molecular complexity index is 634. The molecule has 0 bridgehead atoms. The number of rotatable bonds is 7. The van der Waals surface area contributed by atoms with Crippen LogP contribution in [0.1, 0.15) is 18.1 Å². The molecule has 0 aliphatic carbocycles. The molecule has 118 valence electrons. The van der Waals surface area contributed by atoms with Gasteiger partial charge in [-0.2, -0.15) is 0 Å². The van der Waals surface area contributed by atoms with E-state index in [1.165, 1.54) is 12.1 Å². The van der Waals surface area contributed by atoms with Crippen molar-refractivity contribution < 1.29 is 13.9 Å². The van der Waals surface area contributed by atoms with Crippen LogP contribution in [0.5, 0.6) is 11.5 Å². The van der Waals surface area contributed by atoms with Crippen molar-refractivity contribution in [2.24, 2.45) is 0 Å². The Kier molecular flexibility index (Phi) is 6.04. The van der Waals surface area contributed by atoms with E-state index in [1.54, 1.807) is 13.2 Å². The van der Waals surface area contributed by atoms with Crippen LogP contribution in [0.25, 0.3) is 0 Å². The van der Waals surface area contributed by atoms with Crippen molar-refractivity contribution in [1.82, 2.24) is 5.32 Å². The second-order valence-electron chi connectivity index (χ2n) is 4.79. The van der Waals surface area contributed by atoms with E-state index in [0.29, 0.717) is 16.5 Å². The van der Waals surface area contributed by atoms with Gasteiger partial charge in [0.05, 0.1) is 12.1 Å². The smallest absolute Gasteiger partial charge is 0.161 e. The standard InChI is InChI=1S/C17H19ClFNO2/c1-3-20-10-12-4-7-16(17(8-12)21-2)22-11-13-5-6-14(19)9-15(13)18/h4-9,20H,3,10-11H2,1-2H3. The molecule has 0 saturated carbocycles. The summed E-state index contributed by atoms with van der Waals surface area (Å²) in [6, 6.07) is 10.0. The molecule has 0 unspecified atom stereocenters.